The molecule has 1 N–H and O–H groups in total. The second kappa shape index (κ2) is 8.46. The third-order valence-corrected chi connectivity index (χ3v) is 1.90. The van der Waals surface area contributed by atoms with Gasteiger partial charge in [-0.1, -0.05) is 6.92 Å². The van der Waals surface area contributed by atoms with Gasteiger partial charge in [0.15, 0.2) is 0 Å². The number of ether oxygens (including phenoxy) is 3. The van der Waals surface area contributed by atoms with Crippen molar-refractivity contribution >= 4 is 5.95 Å². The van der Waals surface area contributed by atoms with Gasteiger partial charge in [-0.05, 0) is 13.3 Å². The predicted molar refractivity (Wildman–Crippen MR) is 67.1 cm³/mol. The van der Waals surface area contributed by atoms with E-state index < -0.39 is 0 Å². The summed E-state index contributed by atoms with van der Waals surface area (Å²) in [6.07, 6.45) is 0.990. The monoisotopic (exact) mass is 256 g/mol. The summed E-state index contributed by atoms with van der Waals surface area (Å²) in [5, 5.41) is 2.82. The van der Waals surface area contributed by atoms with E-state index >= 15 is 0 Å². The smallest absolute Gasteiger partial charge is 0.324 e. The minimum absolute atomic E-state index is 0.234. The summed E-state index contributed by atoms with van der Waals surface area (Å²) >= 11 is 0. The highest BCUT2D eigenvalue weighted by atomic mass is 16.5. The van der Waals surface area contributed by atoms with Crippen molar-refractivity contribution in [3.8, 4) is 12.0 Å². The summed E-state index contributed by atoms with van der Waals surface area (Å²) in [7, 11) is 1.72. The first-order chi connectivity index (χ1) is 8.80. The van der Waals surface area contributed by atoms with E-state index in [4.69, 9.17) is 14.2 Å². The van der Waals surface area contributed by atoms with Gasteiger partial charge >= 0.3 is 12.0 Å². The van der Waals surface area contributed by atoms with Crippen molar-refractivity contribution in [3.05, 3.63) is 0 Å². The fraction of sp³-hybridized carbons (Fsp3) is 0.727. The Balaban J connectivity index is 2.50. The minimum Gasteiger partial charge on any atom is -0.464 e. The number of nitrogens with zero attached hydrogens (tertiary/aromatic N) is 3. The van der Waals surface area contributed by atoms with Crippen LogP contribution >= 0.6 is 0 Å². The van der Waals surface area contributed by atoms with Gasteiger partial charge in [-0.2, -0.15) is 9.97 Å². The first-order valence-electron chi connectivity index (χ1n) is 6.07. The SMILES string of the molecule is CCCOCCOc1nc(NC)nc(OCC)n1. The lowest BCUT2D eigenvalue weighted by Gasteiger charge is -2.08. The Morgan fingerprint density at radius 3 is 2.28 bits per heavy atom. The third kappa shape index (κ3) is 5.13. The van der Waals surface area contributed by atoms with E-state index in [1.165, 1.54) is 0 Å². The molecule has 0 aliphatic carbocycles. The average molecular weight is 256 g/mol. The molecule has 7 heteroatoms. The van der Waals surface area contributed by atoms with Crippen LogP contribution in [-0.2, 0) is 4.74 Å². The van der Waals surface area contributed by atoms with Crippen molar-refractivity contribution in [2.75, 3.05) is 38.8 Å². The fourth-order valence-corrected chi connectivity index (χ4v) is 1.15. The quantitative estimate of drug-likeness (QED) is 0.663. The van der Waals surface area contributed by atoms with E-state index in [2.05, 4.69) is 27.2 Å². The average Bonchev–Trinajstić information content (AvgIpc) is 2.38. The van der Waals surface area contributed by atoms with Crippen LogP contribution in [0.1, 0.15) is 20.3 Å². The van der Waals surface area contributed by atoms with Crippen molar-refractivity contribution in [2.24, 2.45) is 0 Å². The van der Waals surface area contributed by atoms with Gasteiger partial charge in [-0.15, -0.1) is 4.98 Å². The van der Waals surface area contributed by atoms with Crippen molar-refractivity contribution in [2.45, 2.75) is 20.3 Å². The maximum Gasteiger partial charge on any atom is 0.324 e. The zero-order chi connectivity index (χ0) is 13.2. The van der Waals surface area contributed by atoms with E-state index in [1.807, 2.05) is 6.92 Å². The molecule has 0 aromatic carbocycles. The molecule has 1 aromatic rings. The molecule has 0 fully saturated rings. The van der Waals surface area contributed by atoms with E-state index in [1.54, 1.807) is 7.05 Å². The summed E-state index contributed by atoms with van der Waals surface area (Å²) in [4.78, 5) is 12.1. The first kappa shape index (κ1) is 14.4. The Labute approximate surface area is 107 Å². The largest absolute Gasteiger partial charge is 0.464 e. The molecule has 0 saturated carbocycles. The Kier molecular flexibility index (Phi) is 6.78. The van der Waals surface area contributed by atoms with E-state index in [9.17, 15) is 0 Å². The molecule has 0 unspecified atom stereocenters. The Bertz CT molecular complexity index is 349. The van der Waals surface area contributed by atoms with Gasteiger partial charge in [0.2, 0.25) is 5.95 Å². The van der Waals surface area contributed by atoms with Gasteiger partial charge < -0.3 is 19.5 Å². The molecule has 0 spiro atoms. The summed E-state index contributed by atoms with van der Waals surface area (Å²) in [5.41, 5.74) is 0. The molecule has 0 aliphatic rings. The van der Waals surface area contributed by atoms with Crippen molar-refractivity contribution in [1.82, 2.24) is 15.0 Å². The van der Waals surface area contributed by atoms with Gasteiger partial charge in [-0.25, -0.2) is 0 Å². The molecule has 102 valence electrons. The van der Waals surface area contributed by atoms with Crippen LogP contribution in [0, 0.1) is 0 Å². The standard InChI is InChI=1S/C11H20N4O3/c1-4-6-16-7-8-18-11-14-9(12-3)13-10(15-11)17-5-2/h4-8H2,1-3H3,(H,12,13,14,15). The van der Waals surface area contributed by atoms with Gasteiger partial charge in [0.1, 0.15) is 6.61 Å². The predicted octanol–water partition coefficient (Wildman–Crippen LogP) is 1.12. The van der Waals surface area contributed by atoms with E-state index in [-0.39, 0.29) is 12.0 Å². The molecule has 0 bridgehead atoms. The molecular formula is C11H20N4O3. The van der Waals surface area contributed by atoms with E-state index in [0.717, 1.165) is 13.0 Å². The highest BCUT2D eigenvalue weighted by Gasteiger charge is 2.07. The molecule has 7 nitrogen and oxygen atoms in total. The second-order valence-corrected chi connectivity index (χ2v) is 3.37. The summed E-state index contributed by atoms with van der Waals surface area (Å²) < 4.78 is 15.9. The molecule has 0 atom stereocenters. The summed E-state index contributed by atoms with van der Waals surface area (Å²) in [5.74, 6) is 0.415. The molecule has 1 heterocycles. The van der Waals surface area contributed by atoms with Crippen molar-refractivity contribution < 1.29 is 14.2 Å². The molecule has 0 aliphatic heterocycles. The number of rotatable bonds is 9. The number of aromatic nitrogens is 3. The molecule has 1 rings (SSSR count). The van der Waals surface area contributed by atoms with Crippen LogP contribution in [0.5, 0.6) is 12.0 Å². The van der Waals surface area contributed by atoms with Crippen LogP contribution in [-0.4, -0.2) is 48.4 Å². The number of nitrogens with one attached hydrogen (secondary N) is 1. The molecule has 1 aromatic heterocycles. The van der Waals surface area contributed by atoms with Crippen LogP contribution in [0.25, 0.3) is 0 Å². The Hall–Kier alpha value is -1.63. The van der Waals surface area contributed by atoms with Crippen LogP contribution in [0.4, 0.5) is 5.95 Å². The minimum atomic E-state index is 0.234. The maximum atomic E-state index is 5.37. The Morgan fingerprint density at radius 2 is 1.67 bits per heavy atom. The van der Waals surface area contributed by atoms with Crippen molar-refractivity contribution in [1.29, 1.82) is 0 Å². The molecule has 0 saturated heterocycles. The number of anilines is 1. The number of hydrogen-bond acceptors (Lipinski definition) is 7. The molecule has 0 radical (unpaired) electrons. The zero-order valence-electron chi connectivity index (χ0n) is 11.1. The van der Waals surface area contributed by atoms with Gasteiger partial charge in [0.25, 0.3) is 0 Å². The second-order valence-electron chi connectivity index (χ2n) is 3.37. The van der Waals surface area contributed by atoms with Crippen LogP contribution < -0.4 is 14.8 Å². The van der Waals surface area contributed by atoms with Crippen LogP contribution in [0.15, 0.2) is 0 Å². The summed E-state index contributed by atoms with van der Waals surface area (Å²) in [6, 6.07) is 0.485. The van der Waals surface area contributed by atoms with E-state index in [0.29, 0.717) is 25.8 Å². The highest BCUT2D eigenvalue weighted by molar-refractivity contribution is 5.26. The molecule has 0 amide bonds. The van der Waals surface area contributed by atoms with Gasteiger partial charge in [0, 0.05) is 13.7 Å². The fourth-order valence-electron chi connectivity index (χ4n) is 1.15. The summed E-state index contributed by atoms with van der Waals surface area (Å²) in [6.45, 7) is 6.05. The lowest BCUT2D eigenvalue weighted by molar-refractivity contribution is 0.0967. The molecule has 18 heavy (non-hydrogen) atoms. The topological polar surface area (TPSA) is 78.4 Å². The Morgan fingerprint density at radius 1 is 0.944 bits per heavy atom. The lowest BCUT2D eigenvalue weighted by Crippen LogP contribution is -2.11. The van der Waals surface area contributed by atoms with Crippen LogP contribution in [0.2, 0.25) is 0 Å². The van der Waals surface area contributed by atoms with Gasteiger partial charge in [0.05, 0.1) is 13.2 Å². The van der Waals surface area contributed by atoms with Gasteiger partial charge in [-0.3, -0.25) is 0 Å². The number of hydrogen-bond donors (Lipinski definition) is 1. The lowest BCUT2D eigenvalue weighted by atomic mass is 10.5. The third-order valence-electron chi connectivity index (χ3n) is 1.90. The highest BCUT2D eigenvalue weighted by Crippen LogP contribution is 2.12. The normalized spacial score (nSPS) is 10.2. The zero-order valence-corrected chi connectivity index (χ0v) is 11.1. The van der Waals surface area contributed by atoms with Crippen molar-refractivity contribution in [3.63, 3.8) is 0 Å². The maximum absolute atomic E-state index is 5.37. The molecular weight excluding hydrogens is 236 g/mol. The van der Waals surface area contributed by atoms with Crippen LogP contribution in [0.3, 0.4) is 0 Å². The first-order valence-corrected chi connectivity index (χ1v) is 6.07.